The van der Waals surface area contributed by atoms with Gasteiger partial charge in [0.05, 0.1) is 33.5 Å². The molecule has 7 nitrogen and oxygen atoms in total. The summed E-state index contributed by atoms with van der Waals surface area (Å²) in [5.74, 6) is -0.406. The van der Waals surface area contributed by atoms with Crippen molar-refractivity contribution < 1.29 is 4.39 Å². The summed E-state index contributed by atoms with van der Waals surface area (Å²) in [5, 5.41) is 0.960. The number of para-hydroxylation sites is 5. The number of imidazole rings is 1. The van der Waals surface area contributed by atoms with Gasteiger partial charge in [-0.2, -0.15) is 0 Å². The number of nitrogens with zero attached hydrogens (tertiary/aromatic N) is 3. The summed E-state index contributed by atoms with van der Waals surface area (Å²) in [6.07, 6.45) is 1.62. The van der Waals surface area contributed by atoms with Crippen LogP contribution in [0.1, 0.15) is 5.56 Å². The third-order valence-corrected chi connectivity index (χ3v) is 6.80. The molecule has 0 aliphatic rings. The minimum atomic E-state index is -0.406. The predicted octanol–water partition coefficient (Wildman–Crippen LogP) is 5.83. The van der Waals surface area contributed by atoms with E-state index in [0.717, 1.165) is 10.9 Å². The van der Waals surface area contributed by atoms with Crippen LogP contribution in [0.25, 0.3) is 56.3 Å². The first-order valence-electron chi connectivity index (χ1n) is 12.3. The van der Waals surface area contributed by atoms with E-state index >= 15 is 0 Å². The lowest BCUT2D eigenvalue weighted by molar-refractivity contribution is 0.627. The van der Waals surface area contributed by atoms with Gasteiger partial charge < -0.3 is 9.97 Å². The summed E-state index contributed by atoms with van der Waals surface area (Å²) < 4.78 is 16.9. The fourth-order valence-corrected chi connectivity index (χ4v) is 4.96. The molecule has 3 heterocycles. The Kier molecular flexibility index (Phi) is 5.12. The molecule has 0 spiro atoms. The van der Waals surface area contributed by atoms with Crippen molar-refractivity contribution in [3.8, 4) is 11.4 Å². The topological polar surface area (TPSA) is 88.5 Å². The molecule has 188 valence electrons. The van der Waals surface area contributed by atoms with E-state index in [1.165, 1.54) is 21.3 Å². The minimum absolute atomic E-state index is 0.242. The Balaban J connectivity index is 1.56. The third-order valence-electron chi connectivity index (χ3n) is 6.80. The SMILES string of the molecule is O=c1c(-c2cc3ccccc3[nH]2)nc2ccccc2n1/C=C(\c1ccc(F)cc1)n1c(=O)[nH]c2ccccc21. The van der Waals surface area contributed by atoms with Crippen LogP contribution in [-0.2, 0) is 0 Å². The van der Waals surface area contributed by atoms with E-state index in [9.17, 15) is 14.0 Å². The number of hydrogen-bond acceptors (Lipinski definition) is 3. The molecule has 0 atom stereocenters. The van der Waals surface area contributed by atoms with Gasteiger partial charge in [-0.1, -0.05) is 42.5 Å². The van der Waals surface area contributed by atoms with Crippen molar-refractivity contribution in [3.05, 3.63) is 135 Å². The highest BCUT2D eigenvalue weighted by molar-refractivity contribution is 5.90. The van der Waals surface area contributed by atoms with Gasteiger partial charge in [0, 0.05) is 22.7 Å². The normalized spacial score (nSPS) is 12.1. The Bertz CT molecular complexity index is 2150. The molecule has 7 rings (SSSR count). The van der Waals surface area contributed by atoms with Crippen LogP contribution in [0.3, 0.4) is 0 Å². The Morgan fingerprint density at radius 2 is 1.46 bits per heavy atom. The standard InChI is InChI=1S/C31H20FN5O2/c32-21-15-13-19(14-16-21)28(37-27-12-6-4-10-24(27)35-31(37)39)18-36-26-11-5-3-9-23(26)34-29(30(36)38)25-17-20-7-1-2-8-22(20)33-25/h1-18,33H,(H,35,39)/b28-18+. The lowest BCUT2D eigenvalue weighted by atomic mass is 10.1. The number of H-pyrrole nitrogens is 2. The zero-order valence-corrected chi connectivity index (χ0v) is 20.4. The van der Waals surface area contributed by atoms with Crippen molar-refractivity contribution in [3.63, 3.8) is 0 Å². The lowest BCUT2D eigenvalue weighted by Crippen LogP contribution is -2.23. The maximum absolute atomic E-state index is 14.1. The van der Waals surface area contributed by atoms with E-state index in [-0.39, 0.29) is 16.9 Å². The second kappa shape index (κ2) is 8.81. The fraction of sp³-hybridized carbons (Fsp3) is 0. The molecule has 0 aliphatic carbocycles. The quantitative estimate of drug-likeness (QED) is 0.310. The molecule has 8 heteroatoms. The van der Waals surface area contributed by atoms with E-state index in [1.807, 2.05) is 66.7 Å². The first-order valence-corrected chi connectivity index (χ1v) is 12.3. The second-order valence-electron chi connectivity index (χ2n) is 9.20. The summed E-state index contributed by atoms with van der Waals surface area (Å²) in [7, 11) is 0. The number of rotatable bonds is 4. The van der Waals surface area contributed by atoms with Gasteiger partial charge in [0.1, 0.15) is 5.82 Å². The molecule has 0 unspecified atom stereocenters. The van der Waals surface area contributed by atoms with Gasteiger partial charge in [-0.25, -0.2) is 14.2 Å². The first kappa shape index (κ1) is 22.7. The maximum atomic E-state index is 14.1. The van der Waals surface area contributed by atoms with E-state index in [1.54, 1.807) is 30.5 Å². The van der Waals surface area contributed by atoms with Crippen LogP contribution in [0, 0.1) is 5.82 Å². The van der Waals surface area contributed by atoms with Crippen molar-refractivity contribution in [1.82, 2.24) is 24.1 Å². The molecule has 0 saturated carbocycles. The van der Waals surface area contributed by atoms with Gasteiger partial charge in [0.15, 0.2) is 5.69 Å². The number of fused-ring (bicyclic) bond motifs is 3. The van der Waals surface area contributed by atoms with Gasteiger partial charge in [0.25, 0.3) is 5.56 Å². The molecular formula is C31H20FN5O2. The third kappa shape index (κ3) is 3.77. The van der Waals surface area contributed by atoms with E-state index in [4.69, 9.17) is 4.98 Å². The molecule has 2 N–H and O–H groups in total. The number of halogens is 1. The highest BCUT2D eigenvalue weighted by Gasteiger charge is 2.18. The Morgan fingerprint density at radius 1 is 0.769 bits per heavy atom. The number of nitrogens with one attached hydrogen (secondary N) is 2. The van der Waals surface area contributed by atoms with Crippen LogP contribution >= 0.6 is 0 Å². The monoisotopic (exact) mass is 513 g/mol. The zero-order valence-electron chi connectivity index (χ0n) is 20.4. The van der Waals surface area contributed by atoms with E-state index < -0.39 is 5.82 Å². The molecule has 0 bridgehead atoms. The first-order chi connectivity index (χ1) is 19.1. The summed E-state index contributed by atoms with van der Waals surface area (Å²) in [6.45, 7) is 0. The summed E-state index contributed by atoms with van der Waals surface area (Å²) in [5.41, 5.74) is 4.36. The number of benzene rings is 4. The van der Waals surface area contributed by atoms with Crippen LogP contribution in [0.5, 0.6) is 0 Å². The van der Waals surface area contributed by atoms with Gasteiger partial charge in [-0.05, 0) is 60.7 Å². The van der Waals surface area contributed by atoms with E-state index in [0.29, 0.717) is 39.0 Å². The van der Waals surface area contributed by atoms with Crippen LogP contribution in [0.15, 0.2) is 113 Å². The molecule has 0 radical (unpaired) electrons. The van der Waals surface area contributed by atoms with Crippen LogP contribution in [0.2, 0.25) is 0 Å². The van der Waals surface area contributed by atoms with Crippen LogP contribution in [0.4, 0.5) is 4.39 Å². The summed E-state index contributed by atoms with van der Waals surface area (Å²) in [4.78, 5) is 38.2. The minimum Gasteiger partial charge on any atom is -0.353 e. The van der Waals surface area contributed by atoms with Gasteiger partial charge in [-0.3, -0.25) is 13.9 Å². The zero-order chi connectivity index (χ0) is 26.5. The molecule has 3 aromatic heterocycles. The van der Waals surface area contributed by atoms with Crippen LogP contribution < -0.4 is 11.2 Å². The Morgan fingerprint density at radius 3 is 2.26 bits per heavy atom. The van der Waals surface area contributed by atoms with Crippen molar-refractivity contribution in [1.29, 1.82) is 0 Å². The highest BCUT2D eigenvalue weighted by atomic mass is 19.1. The molecule has 39 heavy (non-hydrogen) atoms. The van der Waals surface area contributed by atoms with Gasteiger partial charge >= 0.3 is 5.69 Å². The van der Waals surface area contributed by atoms with E-state index in [2.05, 4.69) is 9.97 Å². The molecule has 0 saturated heterocycles. The van der Waals surface area contributed by atoms with Crippen molar-refractivity contribution >= 4 is 44.9 Å². The largest absolute Gasteiger partial charge is 0.353 e. The van der Waals surface area contributed by atoms with Crippen molar-refractivity contribution in [2.45, 2.75) is 0 Å². The number of hydrogen-bond donors (Lipinski definition) is 2. The van der Waals surface area contributed by atoms with Crippen LogP contribution in [-0.4, -0.2) is 24.1 Å². The number of aromatic nitrogens is 5. The van der Waals surface area contributed by atoms with Crippen molar-refractivity contribution in [2.75, 3.05) is 0 Å². The molecule has 0 amide bonds. The Hall–Kier alpha value is -5.50. The average Bonchev–Trinajstić information content (AvgIpc) is 3.53. The predicted molar refractivity (Wildman–Crippen MR) is 152 cm³/mol. The lowest BCUT2D eigenvalue weighted by Gasteiger charge is -2.13. The van der Waals surface area contributed by atoms with Gasteiger partial charge in [-0.15, -0.1) is 0 Å². The summed E-state index contributed by atoms with van der Waals surface area (Å²) >= 11 is 0. The smallest absolute Gasteiger partial charge is 0.331 e. The molecule has 4 aromatic carbocycles. The highest BCUT2D eigenvalue weighted by Crippen LogP contribution is 2.25. The second-order valence-corrected chi connectivity index (χ2v) is 9.20. The fourth-order valence-electron chi connectivity index (χ4n) is 4.96. The average molecular weight is 514 g/mol. The molecular weight excluding hydrogens is 493 g/mol. The molecule has 0 aliphatic heterocycles. The molecule has 0 fully saturated rings. The molecule has 7 aromatic rings. The Labute approximate surface area is 220 Å². The van der Waals surface area contributed by atoms with Gasteiger partial charge in [0.2, 0.25) is 0 Å². The number of aromatic amines is 2. The van der Waals surface area contributed by atoms with Crippen molar-refractivity contribution in [2.24, 2.45) is 0 Å². The maximum Gasteiger partial charge on any atom is 0.331 e. The summed E-state index contributed by atoms with van der Waals surface area (Å²) in [6, 6.07) is 30.1.